The summed E-state index contributed by atoms with van der Waals surface area (Å²) in [4.78, 5) is 0. The van der Waals surface area contributed by atoms with E-state index in [1.54, 1.807) is 0 Å². The molecule has 0 bridgehead atoms. The van der Waals surface area contributed by atoms with Gasteiger partial charge in [0.2, 0.25) is 0 Å². The Hall–Kier alpha value is 0.861. The Balaban J connectivity index is 0. The van der Waals surface area contributed by atoms with Crippen molar-refractivity contribution in [2.75, 3.05) is 0 Å². The Labute approximate surface area is 64.5 Å². The maximum Gasteiger partial charge on any atom is 0.283 e. The number of rotatable bonds is 0. The van der Waals surface area contributed by atoms with E-state index >= 15 is 0 Å². The van der Waals surface area contributed by atoms with Crippen LogP contribution >= 0.6 is 0 Å². The van der Waals surface area contributed by atoms with Crippen molar-refractivity contribution in [3.8, 4) is 6.26 Å². The minimum absolute atomic E-state index is 0. The summed E-state index contributed by atoms with van der Waals surface area (Å²) in [5.74, 6) is 0. The molecule has 4 heavy (non-hydrogen) atoms. The van der Waals surface area contributed by atoms with Crippen LogP contribution in [0.15, 0.2) is 0 Å². The maximum absolute atomic E-state index is 6.88. The molecule has 18 valence electrons. The van der Waals surface area contributed by atoms with Crippen LogP contribution in [0, 0.1) is 11.5 Å². The average Bonchev–Trinajstić information content (AvgIpc) is 0.918. The molecule has 3 heteroatoms. The molecule has 0 heterocycles. The molecule has 0 aromatic heterocycles. The molecule has 0 aliphatic rings. The summed E-state index contributed by atoms with van der Waals surface area (Å²) in [6, 6.07) is 0. The summed E-state index contributed by atoms with van der Waals surface area (Å²) in [5, 5.41) is 13.8. The van der Waals surface area contributed by atoms with Gasteiger partial charge in [0.1, 0.15) is 0 Å². The molecule has 2 radical (unpaired) electrons. The first-order chi connectivity index (χ1) is 1.41. The number of hydrogen-bond acceptors (Lipinski definition) is 2. The van der Waals surface area contributed by atoms with E-state index in [1.807, 2.05) is 0 Å². The predicted octanol–water partition coefficient (Wildman–Crippen LogP) is -0.541. The van der Waals surface area contributed by atoms with Crippen LogP contribution < -0.4 is 0 Å². The Bertz CT molecular complexity index is 29.5. The minimum atomic E-state index is 0. The number of hydrogen-bond donors (Lipinski definition) is 1. The van der Waals surface area contributed by atoms with E-state index < -0.39 is 0 Å². The third-order valence-electron chi connectivity index (χ3n) is 0. The SMILES string of the molecule is N#CO.[Ba]. The van der Waals surface area contributed by atoms with Crippen molar-refractivity contribution in [1.29, 1.82) is 5.26 Å². The van der Waals surface area contributed by atoms with Gasteiger partial charge in [-0.25, -0.2) is 0 Å². The zero-order valence-corrected chi connectivity index (χ0v) is 6.54. The van der Waals surface area contributed by atoms with E-state index in [-0.39, 0.29) is 48.9 Å². The largest absolute Gasteiger partial charge is 0.443 e. The number of nitrogens with zero attached hydrogens (tertiary/aromatic N) is 1. The quantitative estimate of drug-likeness (QED) is 0.402. The van der Waals surface area contributed by atoms with Crippen LogP contribution in [-0.4, -0.2) is 54.0 Å². The van der Waals surface area contributed by atoms with E-state index in [4.69, 9.17) is 10.4 Å². The molecule has 0 amide bonds. The molecule has 0 fully saturated rings. The predicted molar refractivity (Wildman–Crippen MR) is 13.3 cm³/mol. The van der Waals surface area contributed by atoms with Crippen LogP contribution in [0.2, 0.25) is 0 Å². The number of aliphatic hydroxyl groups is 1. The van der Waals surface area contributed by atoms with Gasteiger partial charge in [-0.2, -0.15) is 5.26 Å². The second-order valence-corrected chi connectivity index (χ2v) is 0.100. The van der Waals surface area contributed by atoms with Crippen molar-refractivity contribution in [1.82, 2.24) is 0 Å². The van der Waals surface area contributed by atoms with Crippen LogP contribution in [0.5, 0.6) is 0 Å². The van der Waals surface area contributed by atoms with E-state index in [9.17, 15) is 0 Å². The van der Waals surface area contributed by atoms with Crippen molar-refractivity contribution in [2.24, 2.45) is 0 Å². The molecule has 0 atom stereocenters. The van der Waals surface area contributed by atoms with Crippen molar-refractivity contribution >= 4 is 48.9 Å². The summed E-state index contributed by atoms with van der Waals surface area (Å²) in [6.07, 6.45) is 0.750. The Morgan fingerprint density at radius 3 is 1.75 bits per heavy atom. The molecule has 0 aliphatic heterocycles. The molecule has 0 spiro atoms. The molecule has 0 aromatic rings. The number of aliphatic hydroxyl groups excluding tert-OH is 1. The van der Waals surface area contributed by atoms with Crippen LogP contribution in [0.3, 0.4) is 0 Å². The molecule has 0 saturated heterocycles. The topological polar surface area (TPSA) is 44.0 Å². The van der Waals surface area contributed by atoms with Gasteiger partial charge in [0, 0.05) is 48.9 Å². The first-order valence-electron chi connectivity index (χ1n) is 0.447. The van der Waals surface area contributed by atoms with Gasteiger partial charge in [-0.3, -0.25) is 0 Å². The third-order valence-corrected chi connectivity index (χ3v) is 0. The fourth-order valence-corrected chi connectivity index (χ4v) is 0. The number of nitriles is 1. The van der Waals surface area contributed by atoms with E-state index in [2.05, 4.69) is 0 Å². The zero-order valence-electron chi connectivity index (χ0n) is 2.10. The zero-order chi connectivity index (χ0) is 2.71. The minimum Gasteiger partial charge on any atom is -0.443 e. The standard InChI is InChI=1S/CHNO.Ba/c2-1-3;/h3H;. The maximum atomic E-state index is 6.88. The molecular weight excluding hydrogens is 179 g/mol. The van der Waals surface area contributed by atoms with Crippen LogP contribution in [0.1, 0.15) is 0 Å². The van der Waals surface area contributed by atoms with Gasteiger partial charge in [-0.15, -0.1) is 0 Å². The second kappa shape index (κ2) is 9.12. The van der Waals surface area contributed by atoms with Gasteiger partial charge in [0.25, 0.3) is 6.26 Å². The summed E-state index contributed by atoms with van der Waals surface area (Å²) >= 11 is 0. The molecule has 0 aromatic carbocycles. The molecule has 0 saturated carbocycles. The summed E-state index contributed by atoms with van der Waals surface area (Å²) in [5.41, 5.74) is 0. The third kappa shape index (κ3) is 13.4. The smallest absolute Gasteiger partial charge is 0.283 e. The Kier molecular flexibility index (Phi) is 20.2. The van der Waals surface area contributed by atoms with Crippen molar-refractivity contribution in [2.45, 2.75) is 0 Å². The fraction of sp³-hybridized carbons (Fsp3) is 0. The van der Waals surface area contributed by atoms with E-state index in [1.165, 1.54) is 0 Å². The van der Waals surface area contributed by atoms with Crippen molar-refractivity contribution in [3.63, 3.8) is 0 Å². The van der Waals surface area contributed by atoms with Crippen LogP contribution in [0.25, 0.3) is 0 Å². The summed E-state index contributed by atoms with van der Waals surface area (Å²) in [7, 11) is 0. The van der Waals surface area contributed by atoms with Crippen LogP contribution in [-0.2, 0) is 0 Å². The molecule has 0 unspecified atom stereocenters. The summed E-state index contributed by atoms with van der Waals surface area (Å²) in [6.45, 7) is 0. The van der Waals surface area contributed by atoms with E-state index in [0.717, 1.165) is 6.26 Å². The van der Waals surface area contributed by atoms with E-state index in [0.29, 0.717) is 0 Å². The van der Waals surface area contributed by atoms with Gasteiger partial charge < -0.3 is 5.11 Å². The molecule has 1 N–H and O–H groups in total. The van der Waals surface area contributed by atoms with Gasteiger partial charge in [-0.1, -0.05) is 0 Å². The molecular formula is CHBaNO. The van der Waals surface area contributed by atoms with Gasteiger partial charge in [0.05, 0.1) is 0 Å². The van der Waals surface area contributed by atoms with Gasteiger partial charge in [0.15, 0.2) is 0 Å². The van der Waals surface area contributed by atoms with Gasteiger partial charge in [-0.05, 0) is 0 Å². The second-order valence-electron chi connectivity index (χ2n) is 0.100. The normalized spacial score (nSPS) is 1.75. The molecule has 0 rings (SSSR count). The monoisotopic (exact) mass is 181 g/mol. The van der Waals surface area contributed by atoms with Crippen LogP contribution in [0.4, 0.5) is 0 Å². The Morgan fingerprint density at radius 1 is 1.75 bits per heavy atom. The Morgan fingerprint density at radius 2 is 1.75 bits per heavy atom. The summed E-state index contributed by atoms with van der Waals surface area (Å²) < 4.78 is 0. The van der Waals surface area contributed by atoms with Crippen molar-refractivity contribution in [3.05, 3.63) is 0 Å². The first kappa shape index (κ1) is 8.85. The van der Waals surface area contributed by atoms with Gasteiger partial charge >= 0.3 is 0 Å². The fourth-order valence-electron chi connectivity index (χ4n) is 0. The molecule has 0 aliphatic carbocycles. The van der Waals surface area contributed by atoms with Crippen molar-refractivity contribution < 1.29 is 5.11 Å². The first-order valence-corrected chi connectivity index (χ1v) is 0.447. The molecule has 2 nitrogen and oxygen atoms in total. The average molecular weight is 180 g/mol.